The Morgan fingerprint density at radius 1 is 0.806 bits per heavy atom. The van der Waals surface area contributed by atoms with Gasteiger partial charge in [0.1, 0.15) is 34.3 Å². The second-order valence-corrected chi connectivity index (χ2v) is 19.0. The summed E-state index contributed by atoms with van der Waals surface area (Å²) >= 11 is 1.77. The maximum absolute atomic E-state index is 16.4. The maximum Gasteiger partial charge on any atom is 0.162 e. The van der Waals surface area contributed by atoms with Gasteiger partial charge in [-0.05, 0) is 136 Å². The van der Waals surface area contributed by atoms with Crippen LogP contribution in [-0.2, 0) is 6.42 Å². The molecule has 12 heteroatoms. The van der Waals surface area contributed by atoms with E-state index < -0.39 is 5.60 Å². The number of rotatable bonds is 7. The van der Waals surface area contributed by atoms with Crippen LogP contribution in [0.5, 0.6) is 5.75 Å². The predicted molar refractivity (Wildman–Crippen MR) is 243 cm³/mol. The van der Waals surface area contributed by atoms with Crippen molar-refractivity contribution in [1.29, 1.82) is 0 Å². The van der Waals surface area contributed by atoms with E-state index in [4.69, 9.17) is 4.99 Å². The standard InChI is InChI=1S/C50H53F2N7O2S/c1-30-32(3)62-49-45(30)47(53-31(2)48-55-54-33(4)59(48)49)34-8-11-38(12-9-34)57-20-18-50(61,19-21-57)29-56-22-24-58(25-23-56)39-13-16-43(44(52)28-39)46-41(35-6-5-7-37(51)26-35)15-10-36-27-40(60)14-17-42(36)46/h5-9,11-14,16-17,26-28,31,41,46,60-61H,10,15,18-25,29H2,1-4H3/t31-,41+,46-/m0/s1. The molecule has 5 heterocycles. The molecule has 4 aliphatic rings. The topological polar surface area (TPSA) is 93.2 Å². The highest BCUT2D eigenvalue weighted by atomic mass is 32.1. The van der Waals surface area contributed by atoms with Crippen molar-refractivity contribution in [3.05, 3.63) is 152 Å². The first-order chi connectivity index (χ1) is 29.9. The molecule has 0 radical (unpaired) electrons. The van der Waals surface area contributed by atoms with Gasteiger partial charge >= 0.3 is 0 Å². The number of hydrogen-bond acceptors (Lipinski definition) is 9. The number of aromatic nitrogens is 3. The SMILES string of the molecule is Cc1sc2c(c1C)C(c1ccc(N3CCC(O)(CN4CCN(c5ccc([C@@H]6c7ccc(O)cc7CC[C@@H]6c6cccc(F)c6)c(F)c5)CC4)CC3)cc1)=N[C@@H](C)c1nnc(C)n1-2. The molecule has 3 atom stereocenters. The van der Waals surface area contributed by atoms with Gasteiger partial charge in [0.25, 0.3) is 0 Å². The zero-order valence-corrected chi connectivity index (χ0v) is 36.6. The molecule has 4 aromatic carbocycles. The van der Waals surface area contributed by atoms with Crippen LogP contribution in [0.2, 0.25) is 0 Å². The molecule has 2 saturated heterocycles. The van der Waals surface area contributed by atoms with Gasteiger partial charge in [0.15, 0.2) is 5.82 Å². The van der Waals surface area contributed by atoms with Gasteiger partial charge in [-0.2, -0.15) is 0 Å². The van der Waals surface area contributed by atoms with Crippen molar-refractivity contribution in [2.45, 2.75) is 76.9 Å². The number of anilines is 2. The predicted octanol–water partition coefficient (Wildman–Crippen LogP) is 9.17. The number of aliphatic hydroxyl groups is 1. The number of benzene rings is 4. The number of β-amino-alcohol motifs (C(OH)–C–C–N with tert-alkyl or cyclic N) is 1. The van der Waals surface area contributed by atoms with Crippen LogP contribution in [0.25, 0.3) is 5.00 Å². The summed E-state index contributed by atoms with van der Waals surface area (Å²) in [5.74, 6) is 0.963. The van der Waals surface area contributed by atoms with E-state index in [2.05, 4.69) is 74.5 Å². The van der Waals surface area contributed by atoms with E-state index in [1.54, 1.807) is 41.7 Å². The van der Waals surface area contributed by atoms with Gasteiger partial charge in [-0.3, -0.25) is 14.5 Å². The average molecular weight is 854 g/mol. The summed E-state index contributed by atoms with van der Waals surface area (Å²) in [5, 5.41) is 32.1. The third kappa shape index (κ3) is 7.39. The van der Waals surface area contributed by atoms with Gasteiger partial charge in [0.2, 0.25) is 0 Å². The molecule has 10 rings (SSSR count). The van der Waals surface area contributed by atoms with Crippen molar-refractivity contribution in [1.82, 2.24) is 19.7 Å². The van der Waals surface area contributed by atoms with E-state index in [0.29, 0.717) is 24.9 Å². The zero-order valence-electron chi connectivity index (χ0n) is 35.8. The summed E-state index contributed by atoms with van der Waals surface area (Å²) in [4.78, 5) is 13.4. The van der Waals surface area contributed by atoms with Gasteiger partial charge in [-0.15, -0.1) is 21.5 Å². The Morgan fingerprint density at radius 3 is 2.27 bits per heavy atom. The molecular formula is C50H53F2N7O2S. The number of thiophene rings is 1. The van der Waals surface area contributed by atoms with Gasteiger partial charge in [0.05, 0.1) is 11.3 Å². The monoisotopic (exact) mass is 853 g/mol. The third-order valence-electron chi connectivity index (χ3n) is 14.0. The molecule has 2 aromatic heterocycles. The molecule has 0 bridgehead atoms. The number of hydrogen-bond donors (Lipinski definition) is 2. The van der Waals surface area contributed by atoms with Gasteiger partial charge in [-0.25, -0.2) is 8.78 Å². The minimum Gasteiger partial charge on any atom is -0.508 e. The van der Waals surface area contributed by atoms with Gasteiger partial charge < -0.3 is 20.0 Å². The minimum absolute atomic E-state index is 0.0970. The molecule has 320 valence electrons. The van der Waals surface area contributed by atoms with E-state index in [9.17, 15) is 14.6 Å². The molecule has 3 aliphatic heterocycles. The van der Waals surface area contributed by atoms with Gasteiger partial charge in [-0.1, -0.05) is 36.4 Å². The Hall–Kier alpha value is -5.43. The highest BCUT2D eigenvalue weighted by molar-refractivity contribution is 7.15. The fourth-order valence-corrected chi connectivity index (χ4v) is 11.7. The van der Waals surface area contributed by atoms with Crippen LogP contribution in [0.4, 0.5) is 20.2 Å². The summed E-state index contributed by atoms with van der Waals surface area (Å²) < 4.78 is 32.9. The van der Waals surface area contributed by atoms with E-state index in [1.807, 2.05) is 31.2 Å². The normalized spacial score (nSPS) is 21.2. The molecule has 6 aromatic rings. The summed E-state index contributed by atoms with van der Waals surface area (Å²) in [6.07, 6.45) is 2.82. The van der Waals surface area contributed by atoms with Crippen LogP contribution in [0.1, 0.15) is 99.5 Å². The minimum atomic E-state index is -0.773. The number of halogens is 2. The molecule has 2 N–H and O–H groups in total. The Kier molecular flexibility index (Phi) is 10.5. The molecule has 0 amide bonds. The molecule has 1 aliphatic carbocycles. The molecule has 0 saturated carbocycles. The molecule has 2 fully saturated rings. The number of piperidine rings is 1. The lowest BCUT2D eigenvalue weighted by atomic mass is 9.69. The largest absolute Gasteiger partial charge is 0.508 e. The van der Waals surface area contributed by atoms with Crippen LogP contribution in [0.3, 0.4) is 0 Å². The summed E-state index contributed by atoms with van der Waals surface area (Å²) in [7, 11) is 0. The lowest BCUT2D eigenvalue weighted by molar-refractivity contribution is -0.0173. The van der Waals surface area contributed by atoms with E-state index in [1.165, 1.54) is 16.5 Å². The van der Waals surface area contributed by atoms with Gasteiger partial charge in [0, 0.05) is 79.1 Å². The third-order valence-corrected chi connectivity index (χ3v) is 15.2. The van der Waals surface area contributed by atoms with E-state index in [-0.39, 0.29) is 35.3 Å². The molecule has 62 heavy (non-hydrogen) atoms. The molecule has 0 unspecified atom stereocenters. The first-order valence-corrected chi connectivity index (χ1v) is 22.8. The Balaban J connectivity index is 0.773. The highest BCUT2D eigenvalue weighted by Crippen LogP contribution is 2.48. The van der Waals surface area contributed by atoms with Crippen molar-refractivity contribution >= 4 is 28.4 Å². The molecular weight excluding hydrogens is 801 g/mol. The van der Waals surface area contributed by atoms with E-state index in [0.717, 1.165) is 114 Å². The highest BCUT2D eigenvalue weighted by Gasteiger charge is 2.37. The zero-order chi connectivity index (χ0) is 42.9. The Labute approximate surface area is 366 Å². The average Bonchev–Trinajstić information content (AvgIpc) is 3.76. The Morgan fingerprint density at radius 2 is 1.53 bits per heavy atom. The number of fused-ring (bicyclic) bond motifs is 4. The summed E-state index contributed by atoms with van der Waals surface area (Å²) in [6.45, 7) is 13.6. The number of nitrogens with zero attached hydrogens (tertiary/aromatic N) is 7. The van der Waals surface area contributed by atoms with Crippen molar-refractivity contribution in [3.63, 3.8) is 0 Å². The first kappa shape index (κ1) is 40.6. The number of aliphatic imine (C=N–C) groups is 1. The van der Waals surface area contributed by atoms with Crippen LogP contribution in [0, 0.1) is 32.4 Å². The molecule has 9 nitrogen and oxygen atoms in total. The fraction of sp³-hybridized carbons (Fsp3) is 0.380. The second-order valence-electron chi connectivity index (χ2n) is 17.8. The number of piperazine rings is 1. The van der Waals surface area contributed by atoms with E-state index >= 15 is 4.39 Å². The van der Waals surface area contributed by atoms with Crippen LogP contribution in [-0.4, -0.2) is 87.0 Å². The second kappa shape index (κ2) is 16.0. The number of aryl methyl sites for hydroxylation is 3. The van der Waals surface area contributed by atoms with Crippen molar-refractivity contribution < 1.29 is 19.0 Å². The number of aromatic hydroxyl groups is 1. The lowest BCUT2D eigenvalue weighted by Gasteiger charge is -2.44. The van der Waals surface area contributed by atoms with Crippen molar-refractivity contribution in [2.75, 3.05) is 55.6 Å². The van der Waals surface area contributed by atoms with Crippen LogP contribution in [0.15, 0.2) is 89.9 Å². The van der Waals surface area contributed by atoms with Crippen molar-refractivity contribution in [2.24, 2.45) is 4.99 Å². The van der Waals surface area contributed by atoms with Crippen LogP contribution < -0.4 is 9.80 Å². The number of phenolic OH excluding ortho intramolecular Hbond substituents is 1. The first-order valence-electron chi connectivity index (χ1n) is 22.0. The molecule has 0 spiro atoms. The number of phenols is 1. The lowest BCUT2D eigenvalue weighted by Crippen LogP contribution is -2.55. The smallest absolute Gasteiger partial charge is 0.162 e. The van der Waals surface area contributed by atoms with Crippen molar-refractivity contribution in [3.8, 4) is 10.8 Å². The Bertz CT molecular complexity index is 2680. The van der Waals surface area contributed by atoms with Crippen LogP contribution >= 0.6 is 11.3 Å². The fourth-order valence-electron chi connectivity index (χ4n) is 10.5. The maximum atomic E-state index is 16.4. The summed E-state index contributed by atoms with van der Waals surface area (Å²) in [6, 6.07) is 26.2. The quantitative estimate of drug-likeness (QED) is 0.166. The summed E-state index contributed by atoms with van der Waals surface area (Å²) in [5.41, 5.74) is 9.11.